The molecule has 16 saturated carbocycles. The van der Waals surface area contributed by atoms with Crippen molar-refractivity contribution in [2.24, 2.45) is 183 Å². The van der Waals surface area contributed by atoms with Gasteiger partial charge >= 0.3 is 23.9 Å². The van der Waals surface area contributed by atoms with Gasteiger partial charge in [-0.1, -0.05) is 157 Å². The van der Waals surface area contributed by atoms with E-state index in [4.69, 9.17) is 41.9 Å². The van der Waals surface area contributed by atoms with Gasteiger partial charge in [-0.2, -0.15) is 0 Å². The first-order valence-corrected chi connectivity index (χ1v) is 57.0. The Balaban J connectivity index is 0.000000165. The van der Waals surface area contributed by atoms with E-state index in [9.17, 15) is 79.2 Å². The molecule has 832 valence electrons. The summed E-state index contributed by atoms with van der Waals surface area (Å²) in [5.74, 6) is 0.165. The van der Waals surface area contributed by atoms with E-state index >= 15 is 0 Å². The summed E-state index contributed by atoms with van der Waals surface area (Å²) >= 11 is 0. The standard InChI is InChI=1S/4C31H49NO5/c2*1-16(2)13-22(32)26(18(4)33)27-21-14-24(36)28-29(6)11-10-23(35)17(3)20(29)9-12-30(28,7)31(21,8)15-25(27)37-19(5)34;2*1-16(2)9-10-20(18(4)33)26-22-13-24(35)28-29(6)14-23(32)27(36)17(3)21(29)11-12-30(28,7)31(22,8)15-25(26)37-19(5)34/h2*13,17,20-25,28,35-36H,9-12,14-15,32H2,1-8H3;2*9,17,21-25,27-28,35-36H,10-15,32H2,1-8H3/b2*27-26+;2*26-20-/t17-,20-,21-,22+,23+,24+,25-,28-,29-,30-,31-;17-,20-,21-,22-,23+,24+,25-,28-,29-,30-,31-;17-,21-,22-,23+,24+,25-,27-,28-,29-,30-,31-;17-,21-,22-,23-,24+,25-,27-,28-,29-,30-,31-/m0000/s1. The molecule has 0 spiro atoms. The highest BCUT2D eigenvalue weighted by Crippen LogP contribution is 2.81. The van der Waals surface area contributed by atoms with Gasteiger partial charge in [-0.15, -0.1) is 0 Å². The highest BCUT2D eigenvalue weighted by molar-refractivity contribution is 5.98. The molecule has 0 bridgehead atoms. The molecule has 0 aromatic carbocycles. The Morgan fingerprint density at radius 1 is 0.304 bits per heavy atom. The predicted molar refractivity (Wildman–Crippen MR) is 577 cm³/mol. The normalized spacial score (nSPS) is 47.7. The maximum Gasteiger partial charge on any atom is 0.303 e. The monoisotopic (exact) mass is 2060 g/mol. The lowest BCUT2D eigenvalue weighted by molar-refractivity contribution is -0.236. The lowest BCUT2D eigenvalue weighted by atomic mass is 9.36. The van der Waals surface area contributed by atoms with Gasteiger partial charge in [0, 0.05) is 62.1 Å². The van der Waals surface area contributed by atoms with Crippen molar-refractivity contribution in [1.82, 2.24) is 0 Å². The largest absolute Gasteiger partial charge is 0.458 e. The van der Waals surface area contributed by atoms with E-state index in [1.165, 1.54) is 27.7 Å². The Labute approximate surface area is 886 Å². The first kappa shape index (κ1) is 119. The van der Waals surface area contributed by atoms with Crippen LogP contribution in [0.3, 0.4) is 0 Å². The molecule has 24 nitrogen and oxygen atoms in total. The number of rotatable bonds is 16. The first-order valence-electron chi connectivity index (χ1n) is 57.0. The minimum atomic E-state index is -0.588. The Bertz CT molecular complexity index is 5010. The molecule has 16 aliphatic carbocycles. The molecular weight excluding hydrogens is 1870 g/mol. The van der Waals surface area contributed by atoms with Crippen LogP contribution in [-0.4, -0.2) is 185 Å². The van der Waals surface area contributed by atoms with Gasteiger partial charge in [-0.3, -0.25) is 38.4 Å². The van der Waals surface area contributed by atoms with Crippen LogP contribution in [0, 0.1) is 160 Å². The van der Waals surface area contributed by atoms with Gasteiger partial charge in [-0.05, 0) is 419 Å². The third-order valence-electron chi connectivity index (χ3n) is 46.2. The van der Waals surface area contributed by atoms with Crippen molar-refractivity contribution in [1.29, 1.82) is 0 Å². The number of hydrogen-bond acceptors (Lipinski definition) is 24. The molecule has 0 amide bonds. The maximum atomic E-state index is 13.1. The van der Waals surface area contributed by atoms with Crippen molar-refractivity contribution in [3.63, 3.8) is 0 Å². The van der Waals surface area contributed by atoms with Gasteiger partial charge in [-0.25, -0.2) is 0 Å². The summed E-state index contributed by atoms with van der Waals surface area (Å²) in [5, 5.41) is 90.8. The lowest BCUT2D eigenvalue weighted by Crippen LogP contribution is -2.68. The molecule has 16 rings (SSSR count). The molecule has 0 aromatic rings. The summed E-state index contributed by atoms with van der Waals surface area (Å²) in [6, 6.07) is -1.79. The van der Waals surface area contributed by atoms with Gasteiger partial charge in [0.05, 0.1) is 60.9 Å². The second-order valence-corrected chi connectivity index (χ2v) is 55.2. The summed E-state index contributed by atoms with van der Waals surface area (Å²) in [6.45, 7) is 64.3. The third-order valence-corrected chi connectivity index (χ3v) is 46.2. The highest BCUT2D eigenvalue weighted by atomic mass is 16.6. The molecule has 148 heavy (non-hydrogen) atoms. The van der Waals surface area contributed by atoms with Crippen LogP contribution >= 0.6 is 0 Å². The lowest BCUT2D eigenvalue weighted by Gasteiger charge is -2.69. The van der Waals surface area contributed by atoms with Crippen molar-refractivity contribution < 1.29 is 98.2 Å². The summed E-state index contributed by atoms with van der Waals surface area (Å²) in [5.41, 5.74) is 34.1. The molecule has 16 aliphatic rings. The number of Topliss-reactive ketones (excluding diaryl/α,β-unsaturated/α-hetero) is 4. The number of esters is 4. The second-order valence-electron chi connectivity index (χ2n) is 55.2. The van der Waals surface area contributed by atoms with Crippen molar-refractivity contribution in [3.8, 4) is 0 Å². The second kappa shape index (κ2) is 42.8. The number of aliphatic hydroxyl groups excluding tert-OH is 8. The summed E-state index contributed by atoms with van der Waals surface area (Å²) < 4.78 is 23.8. The summed E-state index contributed by atoms with van der Waals surface area (Å²) in [4.78, 5) is 101. The maximum absolute atomic E-state index is 13.1. The van der Waals surface area contributed by atoms with Crippen LogP contribution in [0.25, 0.3) is 0 Å². The molecule has 0 aromatic heterocycles. The SMILES string of the molecule is CC(=O)O[C@H]1C[C@@]2(C)[C@@H](C[C@@H](O)[C@H]3[C@@]4(C)CC[C@@H](O)[C@@H](C)[C@@H]4CC[C@@]32C)/C1=C(/C(C)=O)[C@@H](N)C=C(C)C.CC(=O)O[C@H]1C[C@@]2(C)[C@@H](C[C@@H](O)[C@H]3[C@@]4(C)CC[C@@H](O)[C@@H](C)[C@@H]4CC[C@@]32C)/C1=C(/C(C)=O)[C@H](N)C=C(C)C.CC(=O)O[C@H]1C[C@@]2(C)[C@@H](C[C@@H](O)[C@H]3[C@@]4(C)C[C@@H](N)[C@@H](O)[C@@H](C)[C@@H]4CC[C@@]32C)/C1=C(\CC=C(C)C)C(C)=O.CC(=O)O[C@H]1C[C@@]2(C)[C@@H](C[C@@H](O)[C@H]3[C@@]4(C)C[C@H](N)[C@@H](O)[C@@H](C)[C@@H]4CC[C@@]32C)/C1=C(\CC=C(C)C)C(C)=O. The zero-order chi connectivity index (χ0) is 111. The Morgan fingerprint density at radius 2 is 0.541 bits per heavy atom. The van der Waals surface area contributed by atoms with Gasteiger partial charge in [0.15, 0.2) is 23.1 Å². The molecule has 16 fully saturated rings. The molecule has 16 N–H and O–H groups in total. The average molecular weight is 2060 g/mol. The van der Waals surface area contributed by atoms with Gasteiger partial charge < -0.3 is 82.7 Å². The number of ketones is 4. The molecule has 44 atom stereocenters. The fourth-order valence-electron chi connectivity index (χ4n) is 39.6. The topological polar surface area (TPSA) is 439 Å². The van der Waals surface area contributed by atoms with E-state index in [0.29, 0.717) is 112 Å². The van der Waals surface area contributed by atoms with Crippen molar-refractivity contribution in [2.75, 3.05) is 0 Å². The zero-order valence-corrected chi connectivity index (χ0v) is 96.5. The molecule has 0 saturated heterocycles. The number of aliphatic hydroxyl groups is 8. The third kappa shape index (κ3) is 19.8. The number of allylic oxidation sites excluding steroid dienone is 8. The molecular formula is C124H196N4O20. The fourth-order valence-corrected chi connectivity index (χ4v) is 39.6. The van der Waals surface area contributed by atoms with E-state index in [1.807, 2.05) is 67.5 Å². The van der Waals surface area contributed by atoms with Crippen LogP contribution in [0.4, 0.5) is 0 Å². The van der Waals surface area contributed by atoms with E-state index in [1.54, 1.807) is 27.7 Å². The number of nitrogens with two attached hydrogens (primary N) is 4. The molecule has 0 unspecified atom stereocenters. The fraction of sp³-hybridized carbons (Fsp3) is 0.806. The average Bonchev–Trinajstić information content (AvgIpc) is 1.44. The van der Waals surface area contributed by atoms with Crippen molar-refractivity contribution in [3.05, 3.63) is 91.2 Å². The highest BCUT2D eigenvalue weighted by Gasteiger charge is 2.77. The van der Waals surface area contributed by atoms with Crippen LogP contribution in [0.1, 0.15) is 376 Å². The van der Waals surface area contributed by atoms with Crippen LogP contribution in [0.5, 0.6) is 0 Å². The number of fused-ring (bicyclic) bond motifs is 20. The number of ether oxygens (including phenoxy) is 4. The van der Waals surface area contributed by atoms with Crippen molar-refractivity contribution in [2.45, 2.75) is 473 Å². The zero-order valence-electron chi connectivity index (χ0n) is 96.5. The van der Waals surface area contributed by atoms with Crippen LogP contribution < -0.4 is 22.9 Å². The Morgan fingerprint density at radius 3 is 0.770 bits per heavy atom. The van der Waals surface area contributed by atoms with E-state index in [2.05, 4.69) is 123 Å². The summed E-state index contributed by atoms with van der Waals surface area (Å²) in [6.07, 6.45) is 20.3. The number of carbonyl (C=O) groups is 8. The van der Waals surface area contributed by atoms with Crippen LogP contribution in [0.2, 0.25) is 0 Å². The van der Waals surface area contributed by atoms with E-state index in [-0.39, 0.29) is 207 Å². The predicted octanol–water partition coefficient (Wildman–Crippen LogP) is 18.9. The van der Waals surface area contributed by atoms with E-state index < -0.39 is 73.1 Å². The molecule has 0 heterocycles. The first-order chi connectivity index (χ1) is 68.3. The Kier molecular flexibility index (Phi) is 34.5. The smallest absolute Gasteiger partial charge is 0.303 e. The number of carbonyl (C=O) groups excluding carboxylic acids is 8. The van der Waals surface area contributed by atoms with Crippen molar-refractivity contribution >= 4 is 47.0 Å². The van der Waals surface area contributed by atoms with Gasteiger partial charge in [0.1, 0.15) is 24.4 Å². The quantitative estimate of drug-likeness (QED) is 0.0295. The summed E-state index contributed by atoms with van der Waals surface area (Å²) in [7, 11) is 0. The molecule has 24 heteroatoms. The Hall–Kier alpha value is -6.00. The van der Waals surface area contributed by atoms with Crippen LogP contribution in [0.15, 0.2) is 91.2 Å². The van der Waals surface area contributed by atoms with E-state index in [0.717, 1.165) is 133 Å². The van der Waals surface area contributed by atoms with Crippen LogP contribution in [-0.2, 0) is 57.3 Å². The molecule has 0 aliphatic heterocycles. The minimum Gasteiger partial charge on any atom is -0.458 e. The molecule has 0 radical (unpaired) electrons. The van der Waals surface area contributed by atoms with Gasteiger partial charge in [0.2, 0.25) is 0 Å². The van der Waals surface area contributed by atoms with Gasteiger partial charge in [0.25, 0.3) is 0 Å². The minimum absolute atomic E-state index is 0.00686. The number of hydrogen-bond donors (Lipinski definition) is 12.